The lowest BCUT2D eigenvalue weighted by Crippen LogP contribution is -2.26. The van der Waals surface area contributed by atoms with Crippen molar-refractivity contribution < 1.29 is 5.11 Å². The van der Waals surface area contributed by atoms with Gasteiger partial charge in [-0.1, -0.05) is 26.8 Å². The van der Waals surface area contributed by atoms with Crippen molar-refractivity contribution in [3.8, 4) is 0 Å². The first-order valence-electron chi connectivity index (χ1n) is 7.32. The van der Waals surface area contributed by atoms with Crippen molar-refractivity contribution in [3.63, 3.8) is 0 Å². The number of fused-ring (bicyclic) bond motifs is 1. The molecule has 0 saturated carbocycles. The maximum atomic E-state index is 9.70. The number of nitrogens with zero attached hydrogens (tertiary/aromatic N) is 3. The van der Waals surface area contributed by atoms with Crippen LogP contribution in [0.5, 0.6) is 0 Å². The Balaban J connectivity index is 1.95. The van der Waals surface area contributed by atoms with Gasteiger partial charge in [0.15, 0.2) is 5.82 Å². The molecule has 2 aromatic rings. The topological polar surface area (TPSA) is 40.8 Å². The highest BCUT2D eigenvalue weighted by Crippen LogP contribution is 2.36. The normalized spacial score (nSPS) is 20.0. The molecular formula is C16H23N3O. The molecule has 1 N–H and O–H groups in total. The van der Waals surface area contributed by atoms with E-state index in [9.17, 15) is 5.11 Å². The molecule has 3 heterocycles. The number of aliphatic hydroxyl groups is 1. The highest BCUT2D eigenvalue weighted by atomic mass is 16.3. The number of rotatable bonds is 2. The van der Waals surface area contributed by atoms with Crippen LogP contribution in [0.2, 0.25) is 0 Å². The largest absolute Gasteiger partial charge is 0.390 e. The van der Waals surface area contributed by atoms with E-state index < -0.39 is 0 Å². The third-order valence-corrected chi connectivity index (χ3v) is 4.47. The summed E-state index contributed by atoms with van der Waals surface area (Å²) in [5.41, 5.74) is 2.13. The molecule has 0 amide bonds. The molecule has 108 valence electrons. The zero-order chi connectivity index (χ0) is 14.3. The second-order valence-electron chi connectivity index (χ2n) is 6.77. The van der Waals surface area contributed by atoms with Crippen LogP contribution in [0.25, 0.3) is 5.65 Å². The van der Waals surface area contributed by atoms with Crippen molar-refractivity contribution in [2.45, 2.75) is 33.8 Å². The Morgan fingerprint density at radius 1 is 1.35 bits per heavy atom. The van der Waals surface area contributed by atoms with Gasteiger partial charge in [0.25, 0.3) is 0 Å². The van der Waals surface area contributed by atoms with Crippen LogP contribution >= 0.6 is 0 Å². The molecule has 1 atom stereocenters. The minimum Gasteiger partial charge on any atom is -0.390 e. The molecule has 1 unspecified atom stereocenters. The van der Waals surface area contributed by atoms with E-state index in [1.807, 2.05) is 28.8 Å². The van der Waals surface area contributed by atoms with Gasteiger partial charge in [0, 0.05) is 19.3 Å². The van der Waals surface area contributed by atoms with Crippen LogP contribution < -0.4 is 4.90 Å². The van der Waals surface area contributed by atoms with E-state index in [1.165, 1.54) is 6.42 Å². The van der Waals surface area contributed by atoms with E-state index in [1.54, 1.807) is 0 Å². The van der Waals surface area contributed by atoms with Gasteiger partial charge in [-0.2, -0.15) is 0 Å². The average Bonchev–Trinajstić information content (AvgIpc) is 3.02. The third kappa shape index (κ3) is 2.18. The van der Waals surface area contributed by atoms with Gasteiger partial charge in [-0.25, -0.2) is 4.98 Å². The second kappa shape index (κ2) is 4.77. The fourth-order valence-electron chi connectivity index (χ4n) is 3.09. The van der Waals surface area contributed by atoms with Crippen molar-refractivity contribution in [1.82, 2.24) is 9.38 Å². The fraction of sp³-hybridized carbons (Fsp3) is 0.562. The van der Waals surface area contributed by atoms with Crippen LogP contribution in [0, 0.1) is 11.3 Å². The second-order valence-corrected chi connectivity index (χ2v) is 6.77. The minimum atomic E-state index is 0.0250. The van der Waals surface area contributed by atoms with Gasteiger partial charge in [-0.05, 0) is 29.9 Å². The number of hydrogen-bond acceptors (Lipinski definition) is 3. The van der Waals surface area contributed by atoms with Crippen LogP contribution in [0.3, 0.4) is 0 Å². The van der Waals surface area contributed by atoms with E-state index in [0.717, 1.165) is 30.2 Å². The van der Waals surface area contributed by atoms with Crippen molar-refractivity contribution in [3.05, 3.63) is 30.1 Å². The molecule has 4 heteroatoms. The predicted octanol–water partition coefficient (Wildman–Crippen LogP) is 2.70. The summed E-state index contributed by atoms with van der Waals surface area (Å²) in [6.45, 7) is 8.99. The van der Waals surface area contributed by atoms with E-state index in [-0.39, 0.29) is 6.61 Å². The van der Waals surface area contributed by atoms with Crippen LogP contribution in [0.1, 0.15) is 32.9 Å². The Morgan fingerprint density at radius 3 is 2.80 bits per heavy atom. The third-order valence-electron chi connectivity index (χ3n) is 4.47. The Hall–Kier alpha value is -1.55. The standard InChI is InChI=1S/C16H23N3O/c1-16(2,3)12-7-9-18(10-12)15-13(11-20)19-8-5-4-6-14(19)17-15/h4-6,8,12,20H,7,9-11H2,1-3H3. The van der Waals surface area contributed by atoms with E-state index in [4.69, 9.17) is 4.98 Å². The highest BCUT2D eigenvalue weighted by Gasteiger charge is 2.33. The number of aromatic nitrogens is 2. The van der Waals surface area contributed by atoms with Crippen molar-refractivity contribution in [2.24, 2.45) is 11.3 Å². The first-order valence-corrected chi connectivity index (χ1v) is 7.32. The van der Waals surface area contributed by atoms with Crippen molar-refractivity contribution >= 4 is 11.5 Å². The molecule has 0 spiro atoms. The Labute approximate surface area is 120 Å². The van der Waals surface area contributed by atoms with Gasteiger partial charge in [0.1, 0.15) is 5.65 Å². The summed E-state index contributed by atoms with van der Waals surface area (Å²) in [5.74, 6) is 1.63. The first kappa shape index (κ1) is 13.4. The zero-order valence-corrected chi connectivity index (χ0v) is 12.5. The summed E-state index contributed by atoms with van der Waals surface area (Å²) in [6, 6.07) is 5.94. The lowest BCUT2D eigenvalue weighted by Gasteiger charge is -2.27. The van der Waals surface area contributed by atoms with Gasteiger partial charge >= 0.3 is 0 Å². The molecular weight excluding hydrogens is 250 g/mol. The molecule has 20 heavy (non-hydrogen) atoms. The van der Waals surface area contributed by atoms with Gasteiger partial charge in [-0.15, -0.1) is 0 Å². The molecule has 2 aromatic heterocycles. The fourth-order valence-corrected chi connectivity index (χ4v) is 3.09. The van der Waals surface area contributed by atoms with Crippen molar-refractivity contribution in [1.29, 1.82) is 0 Å². The quantitative estimate of drug-likeness (QED) is 0.914. The molecule has 1 aliphatic rings. The average molecular weight is 273 g/mol. The van der Waals surface area contributed by atoms with Crippen LogP contribution in [0.4, 0.5) is 5.82 Å². The molecule has 1 saturated heterocycles. The smallest absolute Gasteiger partial charge is 0.153 e. The SMILES string of the molecule is CC(C)(C)C1CCN(c2nc3ccccn3c2CO)C1. The van der Waals surface area contributed by atoms with Gasteiger partial charge < -0.3 is 10.0 Å². The van der Waals surface area contributed by atoms with Gasteiger partial charge in [0.05, 0.1) is 12.3 Å². The molecule has 0 aromatic carbocycles. The van der Waals surface area contributed by atoms with Crippen LogP contribution in [-0.4, -0.2) is 27.6 Å². The summed E-state index contributed by atoms with van der Waals surface area (Å²) in [5, 5.41) is 9.70. The Morgan fingerprint density at radius 2 is 2.15 bits per heavy atom. The molecule has 0 radical (unpaired) electrons. The van der Waals surface area contributed by atoms with Crippen molar-refractivity contribution in [2.75, 3.05) is 18.0 Å². The summed E-state index contributed by atoms with van der Waals surface area (Å²) < 4.78 is 1.99. The van der Waals surface area contributed by atoms with E-state index in [2.05, 4.69) is 25.7 Å². The number of hydrogen-bond donors (Lipinski definition) is 1. The number of pyridine rings is 1. The molecule has 1 fully saturated rings. The lowest BCUT2D eigenvalue weighted by molar-refractivity contribution is 0.263. The number of imidazole rings is 1. The molecule has 4 nitrogen and oxygen atoms in total. The minimum absolute atomic E-state index is 0.0250. The predicted molar refractivity (Wildman–Crippen MR) is 80.9 cm³/mol. The maximum Gasteiger partial charge on any atom is 0.153 e. The lowest BCUT2D eigenvalue weighted by atomic mass is 9.80. The summed E-state index contributed by atoms with van der Waals surface area (Å²) in [6.07, 6.45) is 3.16. The molecule has 0 bridgehead atoms. The molecule has 3 rings (SSSR count). The highest BCUT2D eigenvalue weighted by molar-refractivity contribution is 5.56. The first-order chi connectivity index (χ1) is 9.50. The maximum absolute atomic E-state index is 9.70. The number of anilines is 1. The Kier molecular flexibility index (Phi) is 3.21. The Bertz CT molecular complexity index is 612. The van der Waals surface area contributed by atoms with Crippen LogP contribution in [0.15, 0.2) is 24.4 Å². The van der Waals surface area contributed by atoms with Gasteiger partial charge in [-0.3, -0.25) is 4.40 Å². The molecule has 1 aliphatic heterocycles. The summed E-state index contributed by atoms with van der Waals surface area (Å²) >= 11 is 0. The van der Waals surface area contributed by atoms with Crippen LogP contribution in [-0.2, 0) is 6.61 Å². The van der Waals surface area contributed by atoms with E-state index >= 15 is 0 Å². The molecule has 0 aliphatic carbocycles. The number of aliphatic hydroxyl groups excluding tert-OH is 1. The zero-order valence-electron chi connectivity index (χ0n) is 12.5. The summed E-state index contributed by atoms with van der Waals surface area (Å²) in [4.78, 5) is 7.04. The van der Waals surface area contributed by atoms with Gasteiger partial charge in [0.2, 0.25) is 0 Å². The summed E-state index contributed by atoms with van der Waals surface area (Å²) in [7, 11) is 0. The van der Waals surface area contributed by atoms with E-state index in [0.29, 0.717) is 11.3 Å². The monoisotopic (exact) mass is 273 g/mol.